The number of hydrogen-bond acceptors (Lipinski definition) is 3. The molecule has 6 heteroatoms. The number of benzene rings is 2. The van der Waals surface area contributed by atoms with Crippen LogP contribution in [0.3, 0.4) is 0 Å². The maximum Gasteiger partial charge on any atom is 0.274 e. The van der Waals surface area contributed by atoms with Crippen LogP contribution in [0.25, 0.3) is 0 Å². The number of halogens is 1. The second kappa shape index (κ2) is 7.80. The Morgan fingerprint density at radius 3 is 1.92 bits per heavy atom. The van der Waals surface area contributed by atoms with Crippen molar-refractivity contribution in [3.05, 3.63) is 88.7 Å². The third-order valence-electron chi connectivity index (χ3n) is 3.73. The van der Waals surface area contributed by atoms with Crippen molar-refractivity contribution in [3.63, 3.8) is 0 Å². The number of rotatable bonds is 4. The Labute approximate surface area is 156 Å². The molecule has 0 spiro atoms. The lowest BCUT2D eigenvalue weighted by Crippen LogP contribution is -2.18. The van der Waals surface area contributed by atoms with Crippen molar-refractivity contribution in [2.24, 2.45) is 0 Å². The normalized spacial score (nSPS) is 10.2. The molecule has 0 unspecified atom stereocenters. The Kier molecular flexibility index (Phi) is 5.29. The second-order valence-corrected chi connectivity index (χ2v) is 6.02. The fraction of sp³-hybridized carbons (Fsp3) is 0.0500. The first-order valence-corrected chi connectivity index (χ1v) is 8.32. The fourth-order valence-corrected chi connectivity index (χ4v) is 2.52. The predicted molar refractivity (Wildman–Crippen MR) is 103 cm³/mol. The van der Waals surface area contributed by atoms with Gasteiger partial charge in [-0.2, -0.15) is 0 Å². The van der Waals surface area contributed by atoms with E-state index in [2.05, 4.69) is 15.6 Å². The summed E-state index contributed by atoms with van der Waals surface area (Å²) < 4.78 is 0. The molecular formula is C20H16ClN3O2. The summed E-state index contributed by atoms with van der Waals surface area (Å²) >= 11 is 6.04. The smallest absolute Gasteiger partial charge is 0.274 e. The highest BCUT2D eigenvalue weighted by molar-refractivity contribution is 6.33. The van der Waals surface area contributed by atoms with Gasteiger partial charge in [0.1, 0.15) is 11.4 Å². The maximum atomic E-state index is 12.4. The first-order chi connectivity index (χ1) is 12.5. The molecule has 130 valence electrons. The van der Waals surface area contributed by atoms with Gasteiger partial charge in [0.2, 0.25) is 0 Å². The van der Waals surface area contributed by atoms with Crippen LogP contribution in [0.15, 0.2) is 66.7 Å². The summed E-state index contributed by atoms with van der Waals surface area (Å²) in [6.45, 7) is 1.90. The minimum Gasteiger partial charge on any atom is -0.320 e. The molecule has 0 aliphatic heterocycles. The molecule has 0 aliphatic carbocycles. The molecule has 1 aromatic heterocycles. The number of carbonyl (C=O) groups excluding carboxylic acids is 2. The molecule has 0 saturated heterocycles. The monoisotopic (exact) mass is 365 g/mol. The van der Waals surface area contributed by atoms with Crippen LogP contribution in [0, 0.1) is 6.92 Å². The van der Waals surface area contributed by atoms with Crippen LogP contribution >= 0.6 is 11.6 Å². The maximum absolute atomic E-state index is 12.4. The van der Waals surface area contributed by atoms with E-state index in [1.807, 2.05) is 25.1 Å². The van der Waals surface area contributed by atoms with E-state index < -0.39 is 5.91 Å². The van der Waals surface area contributed by atoms with Gasteiger partial charge in [-0.05, 0) is 42.8 Å². The van der Waals surface area contributed by atoms with Crippen molar-refractivity contribution in [2.45, 2.75) is 6.92 Å². The molecule has 2 aromatic carbocycles. The van der Waals surface area contributed by atoms with Gasteiger partial charge in [-0.1, -0.05) is 48.0 Å². The number of amides is 2. The standard InChI is InChI=1S/C20H16ClN3O2/c1-13-7-2-4-9-15(13)23-19(25)17-11-6-12-18(22-17)20(26)24-16-10-5-3-8-14(16)21/h2-12H,1H3,(H,23,25)(H,24,26). The van der Waals surface area contributed by atoms with Crippen LogP contribution in [0.1, 0.15) is 26.5 Å². The quantitative estimate of drug-likeness (QED) is 0.712. The van der Waals surface area contributed by atoms with Crippen LogP contribution in [0.5, 0.6) is 0 Å². The first-order valence-electron chi connectivity index (χ1n) is 7.94. The zero-order valence-electron chi connectivity index (χ0n) is 14.0. The average molecular weight is 366 g/mol. The molecule has 1 heterocycles. The third-order valence-corrected chi connectivity index (χ3v) is 4.06. The van der Waals surface area contributed by atoms with Crippen molar-refractivity contribution < 1.29 is 9.59 Å². The lowest BCUT2D eigenvalue weighted by atomic mass is 10.2. The van der Waals surface area contributed by atoms with Gasteiger partial charge in [-0.3, -0.25) is 9.59 Å². The topological polar surface area (TPSA) is 71.1 Å². The molecule has 3 rings (SSSR count). The van der Waals surface area contributed by atoms with Gasteiger partial charge >= 0.3 is 0 Å². The Bertz CT molecular complexity index is 898. The highest BCUT2D eigenvalue weighted by Gasteiger charge is 2.14. The molecule has 0 radical (unpaired) electrons. The van der Waals surface area contributed by atoms with Crippen LogP contribution in [-0.4, -0.2) is 16.8 Å². The highest BCUT2D eigenvalue weighted by atomic mass is 35.5. The number of nitrogens with zero attached hydrogens (tertiary/aromatic N) is 1. The van der Waals surface area contributed by atoms with E-state index in [1.54, 1.807) is 42.5 Å². The number of carbonyl (C=O) groups is 2. The number of aryl methyl sites for hydroxylation is 1. The summed E-state index contributed by atoms with van der Waals surface area (Å²) in [7, 11) is 0. The first kappa shape index (κ1) is 17.6. The van der Waals surface area contributed by atoms with Crippen LogP contribution in [0.2, 0.25) is 5.02 Å². The lowest BCUT2D eigenvalue weighted by Gasteiger charge is -2.09. The summed E-state index contributed by atoms with van der Waals surface area (Å²) in [5.74, 6) is -0.824. The Hall–Kier alpha value is -3.18. The molecule has 2 amide bonds. The van der Waals surface area contributed by atoms with E-state index in [4.69, 9.17) is 11.6 Å². The fourth-order valence-electron chi connectivity index (χ4n) is 2.34. The Morgan fingerprint density at radius 2 is 1.31 bits per heavy atom. The molecular weight excluding hydrogens is 350 g/mol. The van der Waals surface area contributed by atoms with E-state index in [-0.39, 0.29) is 17.3 Å². The SMILES string of the molecule is Cc1ccccc1NC(=O)c1cccc(C(=O)Nc2ccccc2Cl)n1. The van der Waals surface area contributed by atoms with Crippen LogP contribution in [-0.2, 0) is 0 Å². The predicted octanol–water partition coefficient (Wildman–Crippen LogP) is 4.55. The lowest BCUT2D eigenvalue weighted by molar-refractivity contribution is 0.101. The second-order valence-electron chi connectivity index (χ2n) is 5.61. The number of anilines is 2. The number of pyridine rings is 1. The highest BCUT2D eigenvalue weighted by Crippen LogP contribution is 2.21. The van der Waals surface area contributed by atoms with Crippen molar-refractivity contribution >= 4 is 34.8 Å². The average Bonchev–Trinajstić information content (AvgIpc) is 2.65. The number of para-hydroxylation sites is 2. The summed E-state index contributed by atoms with van der Waals surface area (Å²) in [6, 6.07) is 19.0. The third kappa shape index (κ3) is 4.07. The van der Waals surface area contributed by atoms with Gasteiger partial charge in [-0.15, -0.1) is 0 Å². The summed E-state index contributed by atoms with van der Waals surface area (Å²) in [4.78, 5) is 29.0. The van der Waals surface area contributed by atoms with Gasteiger partial charge in [0.15, 0.2) is 0 Å². The molecule has 5 nitrogen and oxygen atoms in total. The Morgan fingerprint density at radius 1 is 0.769 bits per heavy atom. The summed E-state index contributed by atoms with van der Waals surface area (Å²) in [5.41, 5.74) is 2.40. The largest absolute Gasteiger partial charge is 0.320 e. The van der Waals surface area contributed by atoms with Gasteiger partial charge in [0.05, 0.1) is 10.7 Å². The number of aromatic nitrogens is 1. The van der Waals surface area contributed by atoms with E-state index in [0.29, 0.717) is 16.4 Å². The zero-order chi connectivity index (χ0) is 18.5. The minimum atomic E-state index is -0.441. The van der Waals surface area contributed by atoms with Crippen LogP contribution < -0.4 is 10.6 Å². The number of hydrogen-bond donors (Lipinski definition) is 2. The number of nitrogens with one attached hydrogen (secondary N) is 2. The van der Waals surface area contributed by atoms with Crippen molar-refractivity contribution in [1.82, 2.24) is 4.98 Å². The van der Waals surface area contributed by atoms with E-state index in [9.17, 15) is 9.59 Å². The molecule has 26 heavy (non-hydrogen) atoms. The van der Waals surface area contributed by atoms with E-state index >= 15 is 0 Å². The Balaban J connectivity index is 1.77. The zero-order valence-corrected chi connectivity index (χ0v) is 14.7. The van der Waals surface area contributed by atoms with E-state index in [0.717, 1.165) is 5.56 Å². The van der Waals surface area contributed by atoms with Gasteiger partial charge in [-0.25, -0.2) is 4.98 Å². The molecule has 0 atom stereocenters. The molecule has 0 aliphatic rings. The summed E-state index contributed by atoms with van der Waals surface area (Å²) in [5, 5.41) is 5.91. The van der Waals surface area contributed by atoms with Crippen molar-refractivity contribution in [3.8, 4) is 0 Å². The molecule has 0 fully saturated rings. The van der Waals surface area contributed by atoms with Crippen molar-refractivity contribution in [2.75, 3.05) is 10.6 Å². The molecule has 0 bridgehead atoms. The van der Waals surface area contributed by atoms with Gasteiger partial charge in [0, 0.05) is 5.69 Å². The minimum absolute atomic E-state index is 0.127. The van der Waals surface area contributed by atoms with E-state index in [1.165, 1.54) is 6.07 Å². The molecule has 2 N–H and O–H groups in total. The van der Waals surface area contributed by atoms with Gasteiger partial charge < -0.3 is 10.6 Å². The summed E-state index contributed by atoms with van der Waals surface area (Å²) in [6.07, 6.45) is 0. The van der Waals surface area contributed by atoms with Crippen LogP contribution in [0.4, 0.5) is 11.4 Å². The van der Waals surface area contributed by atoms with Gasteiger partial charge in [0.25, 0.3) is 11.8 Å². The van der Waals surface area contributed by atoms with Crippen molar-refractivity contribution in [1.29, 1.82) is 0 Å². The molecule has 3 aromatic rings. The molecule has 0 saturated carbocycles.